The Hall–Kier alpha value is -2.56. The lowest BCUT2D eigenvalue weighted by molar-refractivity contribution is 0.00578. The van der Waals surface area contributed by atoms with Crippen molar-refractivity contribution in [3.05, 3.63) is 66.5 Å². The van der Waals surface area contributed by atoms with Gasteiger partial charge in [-0.05, 0) is 56.4 Å². The van der Waals surface area contributed by atoms with Gasteiger partial charge in [-0.2, -0.15) is 0 Å². The van der Waals surface area contributed by atoms with Gasteiger partial charge in [0.25, 0.3) is 0 Å². The molecule has 2 heterocycles. The van der Waals surface area contributed by atoms with Gasteiger partial charge in [-0.1, -0.05) is 54.4 Å². The van der Waals surface area contributed by atoms with Crippen LogP contribution in [0.3, 0.4) is 0 Å². The SMILES string of the molecule is [2H]c1c([2H])c([2H])c(-c2c([2H])c([2H])c([2H])c3oc4c([2H])c(B5OC(C)(C)C(C)(C)O5)c([2H])c([2H])c4c23)c([2H])c1[2H]. The van der Waals surface area contributed by atoms with Crippen LogP contribution >= 0.6 is 0 Å². The highest BCUT2D eigenvalue weighted by molar-refractivity contribution is 6.62. The maximum Gasteiger partial charge on any atom is 0.494 e. The number of furan rings is 1. The van der Waals surface area contributed by atoms with E-state index in [1.165, 1.54) is 0 Å². The van der Waals surface area contributed by atoms with Gasteiger partial charge in [0.15, 0.2) is 0 Å². The molecule has 3 nitrogen and oxygen atoms in total. The van der Waals surface area contributed by atoms with Gasteiger partial charge in [0.2, 0.25) is 0 Å². The summed E-state index contributed by atoms with van der Waals surface area (Å²) in [6.45, 7) is 7.19. The minimum atomic E-state index is -1.17. The van der Waals surface area contributed by atoms with Crippen molar-refractivity contribution in [1.82, 2.24) is 0 Å². The highest BCUT2D eigenvalue weighted by Gasteiger charge is 2.51. The molecular formula is C24H23BO3. The number of hydrogen-bond acceptors (Lipinski definition) is 3. The molecule has 28 heavy (non-hydrogen) atoms. The summed E-state index contributed by atoms with van der Waals surface area (Å²) in [7, 11) is -1.17. The molecule has 1 aliphatic heterocycles. The summed E-state index contributed by atoms with van der Waals surface area (Å²) in [6.07, 6.45) is 0. The summed E-state index contributed by atoms with van der Waals surface area (Å²) in [4.78, 5) is 0. The minimum absolute atomic E-state index is 0.0710. The summed E-state index contributed by atoms with van der Waals surface area (Å²) in [5.74, 6) is 0. The molecular weight excluding hydrogens is 347 g/mol. The third-order valence-corrected chi connectivity index (χ3v) is 5.33. The van der Waals surface area contributed by atoms with Gasteiger partial charge in [-0.25, -0.2) is 0 Å². The Morgan fingerprint density at radius 2 is 1.50 bits per heavy atom. The van der Waals surface area contributed by atoms with Crippen molar-refractivity contribution in [2.45, 2.75) is 38.9 Å². The van der Waals surface area contributed by atoms with Crippen molar-refractivity contribution in [3.8, 4) is 11.1 Å². The van der Waals surface area contributed by atoms with Gasteiger partial charge in [0.05, 0.1) is 26.3 Å². The molecule has 3 aromatic carbocycles. The van der Waals surface area contributed by atoms with E-state index in [4.69, 9.17) is 28.8 Å². The lowest BCUT2D eigenvalue weighted by atomic mass is 9.79. The highest BCUT2D eigenvalue weighted by Crippen LogP contribution is 2.38. The van der Waals surface area contributed by atoms with Crippen molar-refractivity contribution in [2.24, 2.45) is 0 Å². The zero-order valence-electron chi connectivity index (χ0n) is 26.8. The molecule has 0 radical (unpaired) electrons. The second-order valence-corrected chi connectivity index (χ2v) is 7.64. The first kappa shape index (κ1) is 9.30. The second-order valence-electron chi connectivity index (χ2n) is 7.64. The molecule has 140 valence electrons. The van der Waals surface area contributed by atoms with Gasteiger partial charge < -0.3 is 13.7 Å². The zero-order valence-corrected chi connectivity index (χ0v) is 15.8. The van der Waals surface area contributed by atoms with Gasteiger partial charge in [-0.15, -0.1) is 0 Å². The van der Waals surface area contributed by atoms with Gasteiger partial charge in [0, 0.05) is 10.8 Å². The quantitative estimate of drug-likeness (QED) is 0.427. The van der Waals surface area contributed by atoms with Gasteiger partial charge >= 0.3 is 7.12 Å². The average Bonchev–Trinajstić information content (AvgIpc) is 3.35. The molecule has 0 N–H and O–H groups in total. The van der Waals surface area contributed by atoms with Crippen LogP contribution in [0, 0.1) is 0 Å². The molecule has 0 aliphatic carbocycles. The molecule has 0 spiro atoms. The monoisotopic (exact) mass is 381 g/mol. The van der Waals surface area contributed by atoms with E-state index in [2.05, 4.69) is 0 Å². The molecule has 0 saturated carbocycles. The van der Waals surface area contributed by atoms with E-state index in [1.54, 1.807) is 27.7 Å². The lowest BCUT2D eigenvalue weighted by Gasteiger charge is -2.32. The third-order valence-electron chi connectivity index (χ3n) is 5.33. The van der Waals surface area contributed by atoms with E-state index in [1.807, 2.05) is 0 Å². The van der Waals surface area contributed by atoms with E-state index in [0.29, 0.717) is 0 Å². The van der Waals surface area contributed by atoms with Gasteiger partial charge in [0.1, 0.15) is 11.2 Å². The summed E-state index contributed by atoms with van der Waals surface area (Å²) < 4.78 is 111. The van der Waals surface area contributed by atoms with Crippen molar-refractivity contribution < 1.29 is 28.8 Å². The molecule has 1 saturated heterocycles. The molecule has 0 bridgehead atoms. The fourth-order valence-corrected chi connectivity index (χ4v) is 3.10. The minimum Gasteiger partial charge on any atom is -0.456 e. The predicted octanol–water partition coefficient (Wildman–Crippen LogP) is 5.55. The van der Waals surface area contributed by atoms with Crippen LogP contribution in [-0.4, -0.2) is 18.3 Å². The number of rotatable bonds is 2. The topological polar surface area (TPSA) is 31.6 Å². The maximum atomic E-state index is 8.90. The summed E-state index contributed by atoms with van der Waals surface area (Å²) in [5, 5.41) is -0.300. The fraction of sp³-hybridized carbons (Fsp3) is 0.250. The van der Waals surface area contributed by atoms with Crippen LogP contribution < -0.4 is 5.46 Å². The summed E-state index contributed by atoms with van der Waals surface area (Å²) in [5.41, 5.74) is -2.92. The van der Waals surface area contributed by atoms with E-state index >= 15 is 0 Å². The zero-order chi connectivity index (χ0) is 29.1. The first-order valence-corrected chi connectivity index (χ1v) is 8.83. The smallest absolute Gasteiger partial charge is 0.456 e. The lowest BCUT2D eigenvalue weighted by Crippen LogP contribution is -2.41. The van der Waals surface area contributed by atoms with Crippen LogP contribution in [0.4, 0.5) is 0 Å². The molecule has 4 heteroatoms. The molecule has 4 aromatic rings. The van der Waals surface area contributed by atoms with Crippen molar-refractivity contribution in [1.29, 1.82) is 0 Å². The Balaban J connectivity index is 1.95. The van der Waals surface area contributed by atoms with Crippen LogP contribution in [0.5, 0.6) is 0 Å². The Kier molecular flexibility index (Phi) is 1.98. The molecule has 0 unspecified atom stereocenters. The van der Waals surface area contributed by atoms with Crippen LogP contribution in [0.25, 0.3) is 33.1 Å². The second kappa shape index (κ2) is 5.97. The van der Waals surface area contributed by atoms with Crippen molar-refractivity contribution in [3.63, 3.8) is 0 Å². The van der Waals surface area contributed by atoms with E-state index in [-0.39, 0.29) is 39.0 Å². The Bertz CT molecular complexity index is 1700. The average molecular weight is 381 g/mol. The predicted molar refractivity (Wildman–Crippen MR) is 115 cm³/mol. The molecule has 1 aromatic heterocycles. The molecule has 1 fully saturated rings. The molecule has 0 atom stereocenters. The van der Waals surface area contributed by atoms with Crippen molar-refractivity contribution in [2.75, 3.05) is 0 Å². The Morgan fingerprint density at radius 1 is 0.786 bits per heavy atom. The van der Waals surface area contributed by atoms with Crippen molar-refractivity contribution >= 4 is 34.5 Å². The Labute approximate surface area is 180 Å². The summed E-state index contributed by atoms with van der Waals surface area (Å²) >= 11 is 0. The van der Waals surface area contributed by atoms with Crippen LogP contribution in [0.15, 0.2) is 70.9 Å². The van der Waals surface area contributed by atoms with E-state index < -0.39 is 84.3 Å². The number of benzene rings is 3. The fourth-order valence-electron chi connectivity index (χ4n) is 3.10. The van der Waals surface area contributed by atoms with Crippen LogP contribution in [0.1, 0.15) is 42.8 Å². The molecule has 1 aliphatic rings. The van der Waals surface area contributed by atoms with Gasteiger partial charge in [-0.3, -0.25) is 0 Å². The van der Waals surface area contributed by atoms with E-state index in [9.17, 15) is 0 Å². The first-order chi connectivity index (χ1) is 17.9. The third kappa shape index (κ3) is 2.60. The number of hydrogen-bond donors (Lipinski definition) is 0. The normalized spacial score (nSPS) is 23.7. The van der Waals surface area contributed by atoms with Crippen LogP contribution in [-0.2, 0) is 9.31 Å². The Morgan fingerprint density at radius 3 is 2.21 bits per heavy atom. The maximum absolute atomic E-state index is 8.90. The van der Waals surface area contributed by atoms with E-state index in [0.717, 1.165) is 0 Å². The molecule has 5 rings (SSSR count). The summed E-state index contributed by atoms with van der Waals surface area (Å²) in [6, 6.07) is -6.25. The number of fused-ring (bicyclic) bond motifs is 3. The van der Waals surface area contributed by atoms with Crippen LogP contribution in [0.2, 0.25) is 0 Å². The highest BCUT2D eigenvalue weighted by atomic mass is 16.7. The molecule has 0 amide bonds. The first-order valence-electron chi connectivity index (χ1n) is 14.3. The standard InChI is InChI=1S/C24H23BO3/c1-23(2)24(3,4)28-25(27-23)17-13-14-19-21(15-17)26-20-12-8-11-18(22(19)20)16-9-6-5-7-10-16/h5-15H,1-4H3/i5D,6D,7D,8D,9D,10D,11D,12D,13D,14D,15D. The largest absolute Gasteiger partial charge is 0.494 e.